The van der Waals surface area contributed by atoms with E-state index >= 15 is 0 Å². The third kappa shape index (κ3) is 3.91. The van der Waals surface area contributed by atoms with E-state index in [-0.39, 0.29) is 12.1 Å². The third-order valence-corrected chi connectivity index (χ3v) is 3.12. The van der Waals surface area contributed by atoms with Gasteiger partial charge in [-0.2, -0.15) is 5.10 Å². The molecule has 2 rings (SSSR count). The molecule has 0 aliphatic heterocycles. The van der Waals surface area contributed by atoms with E-state index in [1.165, 1.54) is 0 Å². The van der Waals surface area contributed by atoms with E-state index in [9.17, 15) is 5.11 Å². The van der Waals surface area contributed by atoms with Crippen LogP contribution in [0.1, 0.15) is 25.8 Å². The monoisotopic (exact) mass is 259 g/mol. The minimum Gasteiger partial charge on any atom is -0.393 e. The van der Waals surface area contributed by atoms with Crippen LogP contribution >= 0.6 is 0 Å². The molecule has 0 bridgehead atoms. The zero-order chi connectivity index (χ0) is 13.7. The van der Waals surface area contributed by atoms with Crippen LogP contribution in [0, 0.1) is 0 Å². The number of H-pyrrole nitrogens is 1. The van der Waals surface area contributed by atoms with Gasteiger partial charge in [0.15, 0.2) is 0 Å². The first-order valence-electron chi connectivity index (χ1n) is 6.66. The molecule has 102 valence electrons. The summed E-state index contributed by atoms with van der Waals surface area (Å²) in [6, 6.07) is 10.4. The summed E-state index contributed by atoms with van der Waals surface area (Å²) in [6.07, 6.45) is 2.32. The van der Waals surface area contributed by atoms with Crippen LogP contribution in [0.25, 0.3) is 11.3 Å². The third-order valence-electron chi connectivity index (χ3n) is 3.12. The molecule has 2 atom stereocenters. The Labute approximate surface area is 113 Å². The van der Waals surface area contributed by atoms with Gasteiger partial charge in [0, 0.05) is 18.2 Å². The molecule has 4 nitrogen and oxygen atoms in total. The fourth-order valence-corrected chi connectivity index (χ4v) is 2.18. The zero-order valence-corrected chi connectivity index (χ0v) is 11.4. The topological polar surface area (TPSA) is 60.9 Å². The van der Waals surface area contributed by atoms with Gasteiger partial charge in [-0.05, 0) is 25.8 Å². The predicted octanol–water partition coefficient (Wildman–Crippen LogP) is 2.33. The number of aliphatic hydroxyl groups excluding tert-OH is 1. The highest BCUT2D eigenvalue weighted by Gasteiger charge is 2.10. The molecule has 1 aromatic heterocycles. The highest BCUT2D eigenvalue weighted by molar-refractivity contribution is 5.62. The SMILES string of the molecule is CC(O)CC(C)NCc1cn[nH]c1-c1ccccc1. The van der Waals surface area contributed by atoms with Crippen molar-refractivity contribution in [2.75, 3.05) is 0 Å². The van der Waals surface area contributed by atoms with Crippen molar-refractivity contribution in [1.82, 2.24) is 15.5 Å². The minimum atomic E-state index is -0.277. The summed E-state index contributed by atoms with van der Waals surface area (Å²) in [6.45, 7) is 4.63. The first-order chi connectivity index (χ1) is 9.16. The van der Waals surface area contributed by atoms with Crippen molar-refractivity contribution in [3.8, 4) is 11.3 Å². The van der Waals surface area contributed by atoms with E-state index in [0.717, 1.165) is 29.8 Å². The molecule has 2 unspecified atom stereocenters. The van der Waals surface area contributed by atoms with Crippen molar-refractivity contribution < 1.29 is 5.11 Å². The van der Waals surface area contributed by atoms with E-state index in [4.69, 9.17) is 0 Å². The predicted molar refractivity (Wildman–Crippen MR) is 76.6 cm³/mol. The molecule has 0 fully saturated rings. The van der Waals surface area contributed by atoms with Gasteiger partial charge in [-0.25, -0.2) is 0 Å². The largest absolute Gasteiger partial charge is 0.393 e. The van der Waals surface area contributed by atoms with E-state index in [1.54, 1.807) is 0 Å². The molecule has 0 aliphatic rings. The second-order valence-electron chi connectivity index (χ2n) is 5.00. The maximum absolute atomic E-state index is 9.35. The van der Waals surface area contributed by atoms with Gasteiger partial charge in [0.2, 0.25) is 0 Å². The van der Waals surface area contributed by atoms with Gasteiger partial charge in [0.25, 0.3) is 0 Å². The van der Waals surface area contributed by atoms with Crippen LogP contribution in [-0.4, -0.2) is 27.4 Å². The van der Waals surface area contributed by atoms with Crippen molar-refractivity contribution in [2.45, 2.75) is 39.0 Å². The molecule has 0 spiro atoms. The maximum atomic E-state index is 9.35. The Kier molecular flexibility index (Phi) is 4.71. The number of nitrogens with zero attached hydrogens (tertiary/aromatic N) is 1. The molecule has 4 heteroatoms. The summed E-state index contributed by atoms with van der Waals surface area (Å²) in [5.41, 5.74) is 3.33. The Hall–Kier alpha value is -1.65. The van der Waals surface area contributed by atoms with Crippen molar-refractivity contribution in [1.29, 1.82) is 0 Å². The number of hydrogen-bond donors (Lipinski definition) is 3. The number of benzene rings is 1. The standard InChI is InChI=1S/C15H21N3O/c1-11(8-12(2)19)16-9-14-10-17-18-15(14)13-6-4-3-5-7-13/h3-7,10-12,16,19H,8-9H2,1-2H3,(H,17,18). The van der Waals surface area contributed by atoms with Crippen LogP contribution in [0.5, 0.6) is 0 Å². The van der Waals surface area contributed by atoms with Crippen molar-refractivity contribution in [3.63, 3.8) is 0 Å². The van der Waals surface area contributed by atoms with Crippen molar-refractivity contribution >= 4 is 0 Å². The van der Waals surface area contributed by atoms with Gasteiger partial charge < -0.3 is 10.4 Å². The average Bonchev–Trinajstić information content (AvgIpc) is 2.85. The van der Waals surface area contributed by atoms with E-state index in [1.807, 2.05) is 31.3 Å². The normalized spacial score (nSPS) is 14.3. The first-order valence-corrected chi connectivity index (χ1v) is 6.66. The molecular formula is C15H21N3O. The molecule has 19 heavy (non-hydrogen) atoms. The van der Waals surface area contributed by atoms with E-state index < -0.39 is 0 Å². The molecule has 0 saturated heterocycles. The van der Waals surface area contributed by atoms with E-state index in [0.29, 0.717) is 0 Å². The van der Waals surface area contributed by atoms with Crippen molar-refractivity contribution in [2.24, 2.45) is 0 Å². The van der Waals surface area contributed by atoms with Crippen molar-refractivity contribution in [3.05, 3.63) is 42.1 Å². The van der Waals surface area contributed by atoms with Gasteiger partial charge in [-0.15, -0.1) is 0 Å². The molecule has 1 aromatic carbocycles. The molecule has 0 amide bonds. The lowest BCUT2D eigenvalue weighted by molar-refractivity contribution is 0.170. The fraction of sp³-hybridized carbons (Fsp3) is 0.400. The summed E-state index contributed by atoms with van der Waals surface area (Å²) in [7, 11) is 0. The molecule has 0 saturated carbocycles. The minimum absolute atomic E-state index is 0.276. The number of hydrogen-bond acceptors (Lipinski definition) is 3. The Morgan fingerprint density at radius 3 is 2.68 bits per heavy atom. The first kappa shape index (κ1) is 13.8. The number of aliphatic hydroxyl groups is 1. The highest BCUT2D eigenvalue weighted by atomic mass is 16.3. The van der Waals surface area contributed by atoms with Crippen LogP contribution in [0.15, 0.2) is 36.5 Å². The molecule has 0 aliphatic carbocycles. The Morgan fingerprint density at radius 2 is 2.00 bits per heavy atom. The van der Waals surface area contributed by atoms with Gasteiger partial charge in [-0.3, -0.25) is 5.10 Å². The van der Waals surface area contributed by atoms with Crippen LogP contribution in [-0.2, 0) is 6.54 Å². The quantitative estimate of drug-likeness (QED) is 0.746. The molecule has 1 heterocycles. The van der Waals surface area contributed by atoms with E-state index in [2.05, 4.69) is 34.6 Å². The summed E-state index contributed by atoms with van der Waals surface area (Å²) in [5.74, 6) is 0. The second kappa shape index (κ2) is 6.50. The number of aromatic nitrogens is 2. The molecule has 0 radical (unpaired) electrons. The molecule has 2 aromatic rings. The van der Waals surface area contributed by atoms with Gasteiger partial charge in [0.1, 0.15) is 0 Å². The Bertz CT molecular complexity index is 493. The maximum Gasteiger partial charge on any atom is 0.0695 e. The van der Waals surface area contributed by atoms with Gasteiger partial charge in [0.05, 0.1) is 18.0 Å². The summed E-state index contributed by atoms with van der Waals surface area (Å²) in [4.78, 5) is 0. The second-order valence-corrected chi connectivity index (χ2v) is 5.00. The lowest BCUT2D eigenvalue weighted by atomic mass is 10.1. The Balaban J connectivity index is 2.01. The summed E-state index contributed by atoms with van der Waals surface area (Å²) < 4.78 is 0. The van der Waals surface area contributed by atoms with Crippen LogP contribution in [0.4, 0.5) is 0 Å². The number of rotatable bonds is 6. The average molecular weight is 259 g/mol. The molecular weight excluding hydrogens is 238 g/mol. The van der Waals surface area contributed by atoms with Crippen LogP contribution in [0.3, 0.4) is 0 Å². The fourth-order valence-electron chi connectivity index (χ4n) is 2.18. The Morgan fingerprint density at radius 1 is 1.26 bits per heavy atom. The number of nitrogens with one attached hydrogen (secondary N) is 2. The summed E-state index contributed by atoms with van der Waals surface area (Å²) >= 11 is 0. The smallest absolute Gasteiger partial charge is 0.0695 e. The van der Waals surface area contributed by atoms with Crippen LogP contribution in [0.2, 0.25) is 0 Å². The highest BCUT2D eigenvalue weighted by Crippen LogP contribution is 2.20. The zero-order valence-electron chi connectivity index (χ0n) is 11.4. The lowest BCUT2D eigenvalue weighted by Crippen LogP contribution is -2.28. The van der Waals surface area contributed by atoms with Gasteiger partial charge >= 0.3 is 0 Å². The van der Waals surface area contributed by atoms with Gasteiger partial charge in [-0.1, -0.05) is 30.3 Å². The number of aromatic amines is 1. The summed E-state index contributed by atoms with van der Waals surface area (Å²) in [5, 5.41) is 19.9. The molecule has 3 N–H and O–H groups in total. The lowest BCUT2D eigenvalue weighted by Gasteiger charge is -2.15. The van der Waals surface area contributed by atoms with Crippen LogP contribution < -0.4 is 5.32 Å².